The van der Waals surface area contributed by atoms with E-state index in [1.165, 1.54) is 23.9 Å². The van der Waals surface area contributed by atoms with E-state index in [2.05, 4.69) is 139 Å². The average Bonchev–Trinajstić information content (AvgIpc) is 3.46. The van der Waals surface area contributed by atoms with Gasteiger partial charge in [0.2, 0.25) is 0 Å². The fourth-order valence-corrected chi connectivity index (χ4v) is 4.96. The summed E-state index contributed by atoms with van der Waals surface area (Å²) >= 11 is 0. The van der Waals surface area contributed by atoms with Gasteiger partial charge in [0, 0.05) is 104 Å². The third-order valence-electron chi connectivity index (χ3n) is 6.49. The van der Waals surface area contributed by atoms with Gasteiger partial charge in [-0.05, 0) is 80.0 Å². The minimum Gasteiger partial charge on any atom is -0.382 e. The molecule has 1 aliphatic heterocycles. The number of rotatable bonds is 13. The van der Waals surface area contributed by atoms with E-state index in [1.54, 1.807) is 6.92 Å². The second-order valence-electron chi connectivity index (χ2n) is 10.1. The van der Waals surface area contributed by atoms with E-state index >= 15 is 0 Å². The molecule has 0 spiro atoms. The molecule has 1 fully saturated rings. The predicted molar refractivity (Wildman–Crippen MR) is 200 cm³/mol. The Morgan fingerprint density at radius 2 is 1.48 bits per heavy atom. The summed E-state index contributed by atoms with van der Waals surface area (Å²) in [5.74, 6) is 46.9. The van der Waals surface area contributed by atoms with E-state index in [1.807, 2.05) is 12.2 Å². The number of unbranched alkanes of at least 4 members (excludes halogenated alkanes) is 2. The van der Waals surface area contributed by atoms with Crippen LogP contribution < -0.4 is 21.9 Å². The standard InChI is InChI=1S/C40H33N4O9P/c1-4-5-6-7-8-9-10-11-12-13-14-15-16-17-18-19-20-23-26-30-41-39(46)42-31-27-24-21-22-25-28-34-37(53-54(48,49)51-3)35(33-50-2)52-38(34)44-32-29-36(45)43-40(44)47/h22,25,29,32,34-35,37-38H,21,24,27-28,31,33H2,1-3H3,(H,48,49)(H2,41,42,46)(H,43,45,47)/b25-22+/t34-,35+,37?,38+/m0/s1. The molecule has 0 bridgehead atoms. The van der Waals surface area contributed by atoms with E-state index in [9.17, 15) is 23.8 Å². The Morgan fingerprint density at radius 3 is 2.02 bits per heavy atom. The molecule has 13 nitrogen and oxygen atoms in total. The van der Waals surface area contributed by atoms with Crippen LogP contribution in [0.1, 0.15) is 38.8 Å². The monoisotopic (exact) mass is 744 g/mol. The number of hydrogen-bond donors (Lipinski definition) is 4. The first kappa shape index (κ1) is 43.5. The van der Waals surface area contributed by atoms with Gasteiger partial charge in [0.05, 0.1) is 6.61 Å². The number of phosphoric ester groups is 1. The van der Waals surface area contributed by atoms with Crippen LogP contribution in [-0.2, 0) is 23.1 Å². The van der Waals surface area contributed by atoms with Crippen molar-refractivity contribution in [1.82, 2.24) is 20.2 Å². The van der Waals surface area contributed by atoms with Crippen LogP contribution in [0.4, 0.5) is 4.79 Å². The van der Waals surface area contributed by atoms with Gasteiger partial charge >= 0.3 is 19.5 Å². The van der Waals surface area contributed by atoms with Crippen LogP contribution in [-0.4, -0.2) is 60.1 Å². The average molecular weight is 745 g/mol. The van der Waals surface area contributed by atoms with E-state index in [4.69, 9.17) is 14.0 Å². The first-order chi connectivity index (χ1) is 26.2. The molecular formula is C40H33N4O9P. The molecule has 0 aliphatic carbocycles. The fourth-order valence-electron chi connectivity index (χ4n) is 4.27. The highest BCUT2D eigenvalue weighted by atomic mass is 31.2. The maximum atomic E-state index is 12.6. The first-order valence-corrected chi connectivity index (χ1v) is 17.3. The van der Waals surface area contributed by atoms with Crippen LogP contribution in [0.3, 0.4) is 0 Å². The smallest absolute Gasteiger partial charge is 0.382 e. The largest absolute Gasteiger partial charge is 0.472 e. The first-order valence-electron chi connectivity index (χ1n) is 15.9. The van der Waals surface area contributed by atoms with E-state index in [-0.39, 0.29) is 13.0 Å². The molecule has 1 saturated heterocycles. The Balaban J connectivity index is 1.77. The number of phosphoric acid groups is 1. The molecule has 1 aromatic heterocycles. The van der Waals surface area contributed by atoms with Crippen LogP contribution in [0.25, 0.3) is 0 Å². The SMILES string of the molecule is CC#CC#CC#CC#CC#CC#CC#CC#CC#CC#CNC(=O)NCCCC/C=C/C[C@H]1C(OP(=O)(O)OC)[C@@H](COC)O[C@H]1n1ccc(=O)[nH]c1=O. The molecule has 272 valence electrons. The minimum absolute atomic E-state index is 0.00505. The third-order valence-corrected chi connectivity index (χ3v) is 7.47. The summed E-state index contributed by atoms with van der Waals surface area (Å²) in [6.07, 6.45) is 4.65. The maximum absolute atomic E-state index is 12.6. The summed E-state index contributed by atoms with van der Waals surface area (Å²) in [6, 6.07) is 3.10. The zero-order chi connectivity index (χ0) is 39.3. The molecule has 2 amide bonds. The van der Waals surface area contributed by atoms with Crippen LogP contribution in [0.5, 0.6) is 0 Å². The molecule has 0 saturated carbocycles. The van der Waals surface area contributed by atoms with E-state index < -0.39 is 49.5 Å². The fraction of sp³-hybridized carbons (Fsp3) is 0.325. The molecule has 0 radical (unpaired) electrons. The Labute approximate surface area is 314 Å². The summed E-state index contributed by atoms with van der Waals surface area (Å²) in [7, 11) is -1.97. The number of urea groups is 1. The summed E-state index contributed by atoms with van der Waals surface area (Å²) < 4.78 is 34.8. The molecular weight excluding hydrogens is 711 g/mol. The lowest BCUT2D eigenvalue weighted by Gasteiger charge is -2.25. The van der Waals surface area contributed by atoms with Gasteiger partial charge in [-0.2, -0.15) is 0 Å². The van der Waals surface area contributed by atoms with Crippen molar-refractivity contribution in [1.29, 1.82) is 0 Å². The Morgan fingerprint density at radius 1 is 0.907 bits per heavy atom. The molecule has 2 rings (SSSR count). The lowest BCUT2D eigenvalue weighted by Crippen LogP contribution is -2.35. The number of carbonyl (C=O) groups is 1. The highest BCUT2D eigenvalue weighted by Crippen LogP contribution is 2.50. The summed E-state index contributed by atoms with van der Waals surface area (Å²) in [4.78, 5) is 48.3. The van der Waals surface area contributed by atoms with Crippen LogP contribution >= 0.6 is 7.82 Å². The number of aromatic nitrogens is 2. The maximum Gasteiger partial charge on any atom is 0.472 e. The van der Waals surface area contributed by atoms with E-state index in [0.717, 1.165) is 13.5 Å². The van der Waals surface area contributed by atoms with Gasteiger partial charge in [-0.25, -0.2) is 14.2 Å². The molecule has 1 aromatic rings. The Hall–Kier alpha value is -6.68. The van der Waals surface area contributed by atoms with Gasteiger partial charge in [0.25, 0.3) is 5.56 Å². The van der Waals surface area contributed by atoms with Crippen molar-refractivity contribution >= 4 is 13.9 Å². The van der Waals surface area contributed by atoms with Crippen molar-refractivity contribution in [2.75, 3.05) is 27.4 Å². The zero-order valence-electron chi connectivity index (χ0n) is 29.5. The quantitative estimate of drug-likeness (QED) is 0.0764. The molecule has 2 heterocycles. The normalized spacial score (nSPS) is 16.7. The van der Waals surface area contributed by atoms with Crippen LogP contribution in [0, 0.1) is 124 Å². The van der Waals surface area contributed by atoms with Gasteiger partial charge in [-0.15, -0.1) is 0 Å². The number of amides is 2. The molecule has 5 atom stereocenters. The van der Waals surface area contributed by atoms with Gasteiger partial charge in [-0.1, -0.05) is 18.1 Å². The molecule has 2 unspecified atom stereocenters. The number of nitrogens with one attached hydrogen (secondary N) is 3. The molecule has 4 N–H and O–H groups in total. The summed E-state index contributed by atoms with van der Waals surface area (Å²) in [6.45, 7) is 2.08. The van der Waals surface area contributed by atoms with Crippen molar-refractivity contribution in [2.24, 2.45) is 5.92 Å². The zero-order valence-corrected chi connectivity index (χ0v) is 30.4. The van der Waals surface area contributed by atoms with Crippen LogP contribution in [0.15, 0.2) is 34.0 Å². The third kappa shape index (κ3) is 18.0. The van der Waals surface area contributed by atoms with Crippen molar-refractivity contribution < 1.29 is 32.8 Å². The number of ether oxygens (including phenoxy) is 2. The summed E-state index contributed by atoms with van der Waals surface area (Å²) in [5.41, 5.74) is -1.29. The van der Waals surface area contributed by atoms with Crippen molar-refractivity contribution in [3.63, 3.8) is 0 Å². The minimum atomic E-state index is -4.43. The highest BCUT2D eigenvalue weighted by Gasteiger charge is 2.48. The van der Waals surface area contributed by atoms with Gasteiger partial charge < -0.3 is 19.7 Å². The highest BCUT2D eigenvalue weighted by molar-refractivity contribution is 7.47. The van der Waals surface area contributed by atoms with Crippen molar-refractivity contribution in [3.05, 3.63) is 45.3 Å². The van der Waals surface area contributed by atoms with Crippen molar-refractivity contribution in [2.45, 2.75) is 51.0 Å². The van der Waals surface area contributed by atoms with Crippen LogP contribution in [0.2, 0.25) is 0 Å². The number of methoxy groups -OCH3 is 1. The Bertz CT molecular complexity index is 2350. The van der Waals surface area contributed by atoms with Gasteiger partial charge in [-0.3, -0.25) is 28.7 Å². The molecule has 14 heteroatoms. The lowest BCUT2D eigenvalue weighted by atomic mass is 9.95. The molecule has 0 aromatic carbocycles. The predicted octanol–water partition coefficient (Wildman–Crippen LogP) is 1.26. The Kier molecular flexibility index (Phi) is 21.1. The number of H-pyrrole nitrogens is 1. The van der Waals surface area contributed by atoms with E-state index in [0.29, 0.717) is 19.4 Å². The topological polar surface area (TPSA) is 170 Å². The lowest BCUT2D eigenvalue weighted by molar-refractivity contribution is -0.0561. The molecule has 1 aliphatic rings. The van der Waals surface area contributed by atoms with Crippen molar-refractivity contribution in [3.8, 4) is 119 Å². The number of allylic oxidation sites excluding steroid dienone is 2. The number of carbonyl (C=O) groups excluding carboxylic acids is 1. The number of aromatic amines is 1. The van der Waals surface area contributed by atoms with Gasteiger partial charge in [0.1, 0.15) is 18.4 Å². The number of nitrogens with zero attached hydrogens (tertiary/aromatic N) is 1. The summed E-state index contributed by atoms with van der Waals surface area (Å²) in [5, 5.41) is 5.04. The van der Waals surface area contributed by atoms with Gasteiger partial charge in [0.15, 0.2) is 0 Å². The number of hydrogen-bond acceptors (Lipinski definition) is 8. The second-order valence-corrected chi connectivity index (χ2v) is 11.6. The second kappa shape index (κ2) is 26.1. The molecule has 54 heavy (non-hydrogen) atoms.